The predicted octanol–water partition coefficient (Wildman–Crippen LogP) is 2.32. The molecule has 2 aliphatic rings. The van der Waals surface area contributed by atoms with E-state index < -0.39 is 16.0 Å². The Bertz CT molecular complexity index is 731. The van der Waals surface area contributed by atoms with E-state index in [1.54, 1.807) is 30.3 Å². The maximum Gasteiger partial charge on any atom is 0.303 e. The van der Waals surface area contributed by atoms with Crippen molar-refractivity contribution in [3.63, 3.8) is 0 Å². The van der Waals surface area contributed by atoms with Gasteiger partial charge in [-0.05, 0) is 37.8 Å². The summed E-state index contributed by atoms with van der Waals surface area (Å²) in [7, 11) is -3.52. The summed E-state index contributed by atoms with van der Waals surface area (Å²) in [6.07, 6.45) is 7.21. The monoisotopic (exact) mass is 365 g/mol. The zero-order valence-corrected chi connectivity index (χ0v) is 14.7. The third-order valence-electron chi connectivity index (χ3n) is 4.74. The van der Waals surface area contributed by atoms with Gasteiger partial charge >= 0.3 is 5.97 Å². The van der Waals surface area contributed by atoms with E-state index in [0.29, 0.717) is 19.3 Å². The predicted molar refractivity (Wildman–Crippen MR) is 92.6 cm³/mol. The second-order valence-corrected chi connectivity index (χ2v) is 8.29. The molecule has 6 nitrogen and oxygen atoms in total. The maximum atomic E-state index is 12.5. The van der Waals surface area contributed by atoms with Crippen LogP contribution in [0.1, 0.15) is 32.1 Å². The molecule has 0 unspecified atom stereocenters. The topological polar surface area (TPSA) is 96.0 Å². The van der Waals surface area contributed by atoms with Crippen molar-refractivity contribution < 1.29 is 23.1 Å². The smallest absolute Gasteiger partial charge is 0.303 e. The SMILES string of the molecule is O=C(O)CCCC=CC[C@H]1[C@H]2O[C@H]2C[C@H]1NS(=O)(=O)c1ccccc1. The largest absolute Gasteiger partial charge is 0.481 e. The third kappa shape index (κ3) is 4.68. The van der Waals surface area contributed by atoms with E-state index in [4.69, 9.17) is 9.84 Å². The Morgan fingerprint density at radius 2 is 2.04 bits per heavy atom. The van der Waals surface area contributed by atoms with Crippen LogP contribution in [0.25, 0.3) is 0 Å². The van der Waals surface area contributed by atoms with Crippen molar-refractivity contribution in [2.75, 3.05) is 0 Å². The number of allylic oxidation sites excluding steroid dienone is 2. The molecule has 1 saturated carbocycles. The van der Waals surface area contributed by atoms with E-state index in [1.807, 2.05) is 12.2 Å². The number of sulfonamides is 1. The summed E-state index contributed by atoms with van der Waals surface area (Å²) in [6, 6.07) is 8.26. The fourth-order valence-electron chi connectivity index (χ4n) is 3.42. The lowest BCUT2D eigenvalue weighted by Crippen LogP contribution is -2.39. The van der Waals surface area contributed by atoms with Gasteiger partial charge in [-0.3, -0.25) is 4.79 Å². The average Bonchev–Trinajstić information content (AvgIpc) is 3.25. The molecule has 0 spiro atoms. The Kier molecular flexibility index (Phi) is 5.56. The third-order valence-corrected chi connectivity index (χ3v) is 6.25. The molecule has 3 rings (SSSR count). The molecular weight excluding hydrogens is 342 g/mol. The summed E-state index contributed by atoms with van der Waals surface area (Å²) in [5, 5.41) is 8.61. The number of unbranched alkanes of at least 4 members (excludes halogenated alkanes) is 1. The van der Waals surface area contributed by atoms with E-state index in [1.165, 1.54) is 0 Å². The highest BCUT2D eigenvalue weighted by Gasteiger charge is 2.55. The zero-order valence-electron chi connectivity index (χ0n) is 13.9. The minimum atomic E-state index is -3.52. The number of hydrogen-bond donors (Lipinski definition) is 2. The lowest BCUT2D eigenvalue weighted by molar-refractivity contribution is -0.137. The number of benzene rings is 1. The van der Waals surface area contributed by atoms with Crippen LogP contribution in [-0.2, 0) is 19.6 Å². The number of hydrogen-bond acceptors (Lipinski definition) is 4. The number of ether oxygens (including phenoxy) is 1. The van der Waals surface area contributed by atoms with Gasteiger partial charge in [-0.1, -0.05) is 30.4 Å². The van der Waals surface area contributed by atoms with Crippen LogP contribution >= 0.6 is 0 Å². The highest BCUT2D eigenvalue weighted by atomic mass is 32.2. The lowest BCUT2D eigenvalue weighted by Gasteiger charge is -2.22. The maximum absolute atomic E-state index is 12.5. The van der Waals surface area contributed by atoms with Crippen molar-refractivity contribution in [1.82, 2.24) is 4.72 Å². The van der Waals surface area contributed by atoms with Crippen molar-refractivity contribution in [3.05, 3.63) is 42.5 Å². The summed E-state index contributed by atoms with van der Waals surface area (Å²) in [6.45, 7) is 0. The van der Waals surface area contributed by atoms with Crippen LogP contribution in [0.15, 0.2) is 47.4 Å². The van der Waals surface area contributed by atoms with E-state index >= 15 is 0 Å². The lowest BCUT2D eigenvalue weighted by atomic mass is 9.98. The van der Waals surface area contributed by atoms with E-state index in [9.17, 15) is 13.2 Å². The minimum Gasteiger partial charge on any atom is -0.481 e. The van der Waals surface area contributed by atoms with Gasteiger partial charge in [0.1, 0.15) is 0 Å². The van der Waals surface area contributed by atoms with Gasteiger partial charge in [0.15, 0.2) is 0 Å². The normalized spacial score (nSPS) is 28.2. The van der Waals surface area contributed by atoms with Crippen LogP contribution in [-0.4, -0.2) is 37.7 Å². The van der Waals surface area contributed by atoms with E-state index in [0.717, 1.165) is 6.42 Å². The fraction of sp³-hybridized carbons (Fsp3) is 0.500. The standard InChI is InChI=1S/C18H23NO5S/c20-17(21)11-7-2-1-6-10-14-15(12-16-18(14)24-16)19-25(22,23)13-8-4-3-5-9-13/h1,3-6,8-9,14-16,18-19H,2,7,10-12H2,(H,20,21)/t14-,15-,16+,18-/m1/s1. The molecule has 2 fully saturated rings. The molecular formula is C18H23NO5S. The number of carbonyl (C=O) groups is 1. The number of aliphatic carboxylic acids is 1. The molecule has 0 bridgehead atoms. The Labute approximate surface area is 147 Å². The summed E-state index contributed by atoms with van der Waals surface area (Å²) in [5.41, 5.74) is 0. The van der Waals surface area contributed by atoms with Crippen LogP contribution in [0.3, 0.4) is 0 Å². The second kappa shape index (κ2) is 7.68. The van der Waals surface area contributed by atoms with Crippen molar-refractivity contribution in [1.29, 1.82) is 0 Å². The van der Waals surface area contributed by atoms with Crippen LogP contribution in [0, 0.1) is 5.92 Å². The van der Waals surface area contributed by atoms with Gasteiger partial charge < -0.3 is 9.84 Å². The molecule has 1 aliphatic carbocycles. The zero-order chi connectivity index (χ0) is 17.9. The Morgan fingerprint density at radius 3 is 2.76 bits per heavy atom. The minimum absolute atomic E-state index is 0.124. The molecule has 1 heterocycles. The van der Waals surface area contributed by atoms with Gasteiger partial charge in [-0.2, -0.15) is 0 Å². The Morgan fingerprint density at radius 1 is 1.28 bits per heavy atom. The van der Waals surface area contributed by atoms with Gasteiger partial charge in [0, 0.05) is 18.4 Å². The first-order chi connectivity index (χ1) is 12.0. The van der Waals surface area contributed by atoms with Gasteiger partial charge in [-0.25, -0.2) is 13.1 Å². The van der Waals surface area contributed by atoms with Crippen LogP contribution in [0.5, 0.6) is 0 Å². The molecule has 25 heavy (non-hydrogen) atoms. The number of epoxide rings is 1. The highest BCUT2D eigenvalue weighted by Crippen LogP contribution is 2.45. The number of carboxylic acids is 1. The molecule has 1 aliphatic heterocycles. The first kappa shape index (κ1) is 18.1. The molecule has 4 atom stereocenters. The van der Waals surface area contributed by atoms with Gasteiger partial charge in [0.2, 0.25) is 10.0 Å². The van der Waals surface area contributed by atoms with Crippen LogP contribution in [0.2, 0.25) is 0 Å². The van der Waals surface area contributed by atoms with Crippen molar-refractivity contribution in [2.45, 2.75) is 55.2 Å². The molecule has 0 radical (unpaired) electrons. The second-order valence-electron chi connectivity index (χ2n) is 6.57. The van der Waals surface area contributed by atoms with Gasteiger partial charge in [0.05, 0.1) is 17.1 Å². The van der Waals surface area contributed by atoms with Crippen molar-refractivity contribution in [2.24, 2.45) is 5.92 Å². The van der Waals surface area contributed by atoms with Crippen molar-refractivity contribution >= 4 is 16.0 Å². The summed E-state index contributed by atoms with van der Waals surface area (Å²) in [5.74, 6) is -0.659. The molecule has 2 N–H and O–H groups in total. The average molecular weight is 365 g/mol. The molecule has 136 valence electrons. The Balaban J connectivity index is 1.55. The fourth-order valence-corrected chi connectivity index (χ4v) is 4.74. The van der Waals surface area contributed by atoms with Gasteiger partial charge in [-0.15, -0.1) is 0 Å². The molecule has 1 aromatic rings. The molecule has 1 saturated heterocycles. The quantitative estimate of drug-likeness (QED) is 0.398. The van der Waals surface area contributed by atoms with Crippen LogP contribution < -0.4 is 4.72 Å². The molecule has 1 aromatic carbocycles. The first-order valence-electron chi connectivity index (χ1n) is 8.57. The Hall–Kier alpha value is -1.70. The van der Waals surface area contributed by atoms with E-state index in [-0.39, 0.29) is 35.5 Å². The van der Waals surface area contributed by atoms with E-state index in [2.05, 4.69) is 4.72 Å². The number of carboxylic acid groups (broad SMARTS) is 1. The molecule has 7 heteroatoms. The van der Waals surface area contributed by atoms with Crippen molar-refractivity contribution in [3.8, 4) is 0 Å². The molecule has 0 aromatic heterocycles. The highest BCUT2D eigenvalue weighted by molar-refractivity contribution is 7.89. The first-order valence-corrected chi connectivity index (χ1v) is 10.1. The summed E-state index contributed by atoms with van der Waals surface area (Å²) >= 11 is 0. The number of rotatable bonds is 9. The molecule has 0 amide bonds. The number of fused-ring (bicyclic) bond motifs is 1. The number of nitrogens with one attached hydrogen (secondary N) is 1. The summed E-state index contributed by atoms with van der Waals surface area (Å²) < 4.78 is 33.4. The summed E-state index contributed by atoms with van der Waals surface area (Å²) in [4.78, 5) is 10.8. The van der Waals surface area contributed by atoms with Crippen LogP contribution in [0.4, 0.5) is 0 Å². The van der Waals surface area contributed by atoms with Gasteiger partial charge in [0.25, 0.3) is 0 Å².